The third kappa shape index (κ3) is 10.6. The Balaban J connectivity index is 0.000000138. The van der Waals surface area contributed by atoms with Gasteiger partial charge in [0.15, 0.2) is 0 Å². The second kappa shape index (κ2) is 18.4. The van der Waals surface area contributed by atoms with Crippen LogP contribution in [-0.4, -0.2) is 85.5 Å². The lowest BCUT2D eigenvalue weighted by molar-refractivity contribution is 0.186. The summed E-state index contributed by atoms with van der Waals surface area (Å²) < 4.78 is 36.3. The highest BCUT2D eigenvalue weighted by Gasteiger charge is 2.12. The number of sulfonamides is 1. The average molecular weight is 845 g/mol. The summed E-state index contributed by atoms with van der Waals surface area (Å²) in [6.07, 6.45) is 18.8. The Kier molecular flexibility index (Phi) is 12.5. The van der Waals surface area contributed by atoms with Gasteiger partial charge >= 0.3 is 12.2 Å². The van der Waals surface area contributed by atoms with Gasteiger partial charge in [0, 0.05) is 130 Å². The van der Waals surface area contributed by atoms with Crippen molar-refractivity contribution in [3.63, 3.8) is 0 Å². The van der Waals surface area contributed by atoms with Crippen LogP contribution < -0.4 is 15.4 Å². The van der Waals surface area contributed by atoms with Gasteiger partial charge in [0.1, 0.15) is 0 Å². The van der Waals surface area contributed by atoms with Gasteiger partial charge in [-0.15, -0.1) is 0 Å². The van der Waals surface area contributed by atoms with Crippen molar-refractivity contribution < 1.29 is 27.5 Å². The average Bonchev–Trinajstić information content (AvgIpc) is 4.11. The molecule has 0 saturated carbocycles. The van der Waals surface area contributed by atoms with Gasteiger partial charge in [0.2, 0.25) is 10.0 Å². The number of hydrogen-bond donors (Lipinski definition) is 8. The standard InChI is InChI=1S/C15H16N4O2.C14H14N4O2.C13H14N4O2S/c1-19-8-10(5-12-7-16-9-17-12)13-6-11(3-4-14(13)19)18-15(20)21-2;1-20-14(19)18-10-2-3-13-12(5-10)9(6-16-13)4-11-7-15-8-17-11;1-20(18,19)17-10-2-3-13-12(5-10)9(6-15-13)4-11-7-14-8-16-11/h3-4,6-9H,5H2,1-2H3,(H,16,17)(H,18,20);2-3,5-8,16H,4H2,1H3,(H,15,17)(H,18,19);2-3,5-8,15,17H,4H2,1H3,(H,14,16). The Morgan fingerprint density at radius 2 is 1.07 bits per heavy atom. The van der Waals surface area contributed by atoms with Crippen molar-refractivity contribution in [2.75, 3.05) is 35.8 Å². The molecule has 314 valence electrons. The monoisotopic (exact) mass is 844 g/mol. The van der Waals surface area contributed by atoms with Crippen molar-refractivity contribution in [3.8, 4) is 0 Å². The fraction of sp³-hybridized carbons (Fsp3) is 0.167. The first-order valence-corrected chi connectivity index (χ1v) is 20.7. The third-order valence-electron chi connectivity index (χ3n) is 9.58. The summed E-state index contributed by atoms with van der Waals surface area (Å²) in [5, 5.41) is 8.51. The van der Waals surface area contributed by atoms with E-state index in [9.17, 15) is 18.0 Å². The molecule has 6 heterocycles. The maximum absolute atomic E-state index is 11.3. The Hall–Kier alpha value is -7.80. The van der Waals surface area contributed by atoms with Crippen LogP contribution in [0.5, 0.6) is 0 Å². The number of carbonyl (C=O) groups excluding carboxylic acids is 2. The maximum Gasteiger partial charge on any atom is 0.411 e. The number of ether oxygens (including phenoxy) is 2. The van der Waals surface area contributed by atoms with Crippen LogP contribution in [0.15, 0.2) is 111 Å². The first kappa shape index (κ1) is 41.4. The second-order valence-corrected chi connectivity index (χ2v) is 15.8. The second-order valence-electron chi connectivity index (χ2n) is 14.0. The van der Waals surface area contributed by atoms with Crippen LogP contribution in [0.25, 0.3) is 32.7 Å². The van der Waals surface area contributed by atoms with Crippen molar-refractivity contribution in [2.24, 2.45) is 7.05 Å². The first-order chi connectivity index (χ1) is 29.4. The van der Waals surface area contributed by atoms with E-state index in [-0.39, 0.29) is 0 Å². The molecule has 0 aliphatic heterocycles. The summed E-state index contributed by atoms with van der Waals surface area (Å²) in [6, 6.07) is 16.9. The molecule has 9 aromatic rings. The van der Waals surface area contributed by atoms with Gasteiger partial charge in [-0.3, -0.25) is 15.4 Å². The van der Waals surface area contributed by atoms with Gasteiger partial charge in [-0.05, 0) is 71.3 Å². The Morgan fingerprint density at radius 1 is 0.623 bits per heavy atom. The number of nitrogens with zero attached hydrogens (tertiary/aromatic N) is 4. The fourth-order valence-corrected chi connectivity index (χ4v) is 7.35. The van der Waals surface area contributed by atoms with Crippen LogP contribution >= 0.6 is 0 Å². The number of hydrogen-bond acceptors (Lipinski definition) is 9. The number of anilines is 3. The molecule has 0 spiro atoms. The molecule has 8 N–H and O–H groups in total. The molecule has 2 amide bonds. The smallest absolute Gasteiger partial charge is 0.411 e. The summed E-state index contributed by atoms with van der Waals surface area (Å²) in [5.41, 5.74) is 11.6. The van der Waals surface area contributed by atoms with Crippen LogP contribution in [0.4, 0.5) is 26.7 Å². The number of aromatic amines is 5. The SMILES string of the molecule is COC(=O)Nc1ccc2[nH]cc(Cc3cnc[nH]3)c2c1.COC(=O)Nc1ccc2c(c1)c(Cc1cnc[nH]1)cn2C.CS(=O)(=O)Nc1ccc2[nH]cc(Cc3cnc[nH]3)c2c1. The van der Waals surface area contributed by atoms with Crippen molar-refractivity contribution in [1.82, 2.24) is 44.4 Å². The van der Waals surface area contributed by atoms with E-state index in [0.29, 0.717) is 23.5 Å². The molecule has 19 heteroatoms. The van der Waals surface area contributed by atoms with Gasteiger partial charge in [-0.25, -0.2) is 33.0 Å². The number of imidazole rings is 3. The lowest BCUT2D eigenvalue weighted by atomic mass is 10.1. The van der Waals surface area contributed by atoms with Crippen molar-refractivity contribution >= 4 is 72.0 Å². The Labute approximate surface area is 349 Å². The zero-order valence-electron chi connectivity index (χ0n) is 33.7. The largest absolute Gasteiger partial charge is 0.453 e. The van der Waals surface area contributed by atoms with Gasteiger partial charge in [0.25, 0.3) is 0 Å². The van der Waals surface area contributed by atoms with E-state index in [4.69, 9.17) is 0 Å². The van der Waals surface area contributed by atoms with Crippen molar-refractivity contribution in [3.05, 3.63) is 145 Å². The molecule has 0 saturated heterocycles. The number of nitrogens with one attached hydrogen (secondary N) is 8. The molecule has 0 bridgehead atoms. The van der Waals surface area contributed by atoms with Crippen LogP contribution in [0.3, 0.4) is 0 Å². The van der Waals surface area contributed by atoms with E-state index in [2.05, 4.69) is 75.5 Å². The number of carbonyl (C=O) groups is 2. The van der Waals surface area contributed by atoms with Crippen molar-refractivity contribution in [2.45, 2.75) is 19.3 Å². The number of aryl methyl sites for hydroxylation is 1. The highest BCUT2D eigenvalue weighted by molar-refractivity contribution is 7.92. The summed E-state index contributed by atoms with van der Waals surface area (Å²) in [7, 11) is 1.43. The van der Waals surface area contributed by atoms with E-state index in [1.807, 2.05) is 74.2 Å². The molecule has 18 nitrogen and oxygen atoms in total. The lowest BCUT2D eigenvalue weighted by Crippen LogP contribution is -2.10. The summed E-state index contributed by atoms with van der Waals surface area (Å²) in [5.74, 6) is 0. The van der Waals surface area contributed by atoms with Crippen LogP contribution in [-0.2, 0) is 45.8 Å². The number of fused-ring (bicyclic) bond motifs is 3. The highest BCUT2D eigenvalue weighted by Crippen LogP contribution is 2.27. The first-order valence-electron chi connectivity index (χ1n) is 18.8. The molecular weight excluding hydrogens is 801 g/mol. The number of amides is 2. The molecular formula is C42H44N12O6S. The van der Waals surface area contributed by atoms with E-state index in [0.717, 1.165) is 80.0 Å². The van der Waals surface area contributed by atoms with Gasteiger partial charge in [-0.1, -0.05) is 0 Å². The molecule has 0 atom stereocenters. The molecule has 0 aliphatic carbocycles. The highest BCUT2D eigenvalue weighted by atomic mass is 32.2. The minimum atomic E-state index is -3.27. The van der Waals surface area contributed by atoms with Gasteiger partial charge in [0.05, 0.1) is 39.5 Å². The molecule has 9 rings (SSSR count). The topological polar surface area (TPSA) is 245 Å². The fourth-order valence-electron chi connectivity index (χ4n) is 6.79. The number of aromatic nitrogens is 9. The molecule has 0 unspecified atom stereocenters. The van der Waals surface area contributed by atoms with E-state index < -0.39 is 22.2 Å². The number of benzene rings is 3. The van der Waals surface area contributed by atoms with Gasteiger partial charge in [-0.2, -0.15) is 0 Å². The number of H-pyrrole nitrogens is 5. The maximum atomic E-state index is 11.3. The molecule has 0 fully saturated rings. The molecule has 0 aliphatic rings. The van der Waals surface area contributed by atoms with Crippen LogP contribution in [0.2, 0.25) is 0 Å². The van der Waals surface area contributed by atoms with Crippen LogP contribution in [0.1, 0.15) is 33.8 Å². The Morgan fingerprint density at radius 3 is 1.52 bits per heavy atom. The van der Waals surface area contributed by atoms with Crippen molar-refractivity contribution in [1.29, 1.82) is 0 Å². The number of rotatable bonds is 10. The minimum Gasteiger partial charge on any atom is -0.453 e. The summed E-state index contributed by atoms with van der Waals surface area (Å²) in [6.45, 7) is 0. The zero-order chi connectivity index (χ0) is 42.9. The predicted molar refractivity (Wildman–Crippen MR) is 234 cm³/mol. The molecule has 6 aromatic heterocycles. The Bertz CT molecular complexity index is 2990. The summed E-state index contributed by atoms with van der Waals surface area (Å²) in [4.78, 5) is 50.2. The minimum absolute atomic E-state index is 0.472. The van der Waals surface area contributed by atoms with E-state index in [1.54, 1.807) is 37.4 Å². The molecule has 3 aromatic carbocycles. The quantitative estimate of drug-likeness (QED) is 0.0694. The van der Waals surface area contributed by atoms with Crippen LogP contribution in [0, 0.1) is 0 Å². The predicted octanol–water partition coefficient (Wildman–Crippen LogP) is 7.18. The molecule has 0 radical (unpaired) electrons. The lowest BCUT2D eigenvalue weighted by Gasteiger charge is -2.05. The number of methoxy groups -OCH3 is 2. The van der Waals surface area contributed by atoms with E-state index in [1.165, 1.54) is 19.8 Å². The summed E-state index contributed by atoms with van der Waals surface area (Å²) >= 11 is 0. The van der Waals surface area contributed by atoms with E-state index >= 15 is 0 Å². The van der Waals surface area contributed by atoms with Gasteiger partial charge < -0.3 is 39.0 Å². The third-order valence-corrected chi connectivity index (χ3v) is 10.2. The normalized spacial score (nSPS) is 11.1. The molecule has 61 heavy (non-hydrogen) atoms. The zero-order valence-corrected chi connectivity index (χ0v) is 34.5.